The smallest absolute Gasteiger partial charge is 0.310 e. The lowest BCUT2D eigenvalue weighted by Gasteiger charge is -2.32. The van der Waals surface area contributed by atoms with Gasteiger partial charge in [0.15, 0.2) is 0 Å². The van der Waals surface area contributed by atoms with Gasteiger partial charge in [0.1, 0.15) is 5.02 Å². The molecule has 0 aromatic carbocycles. The molecule has 0 aliphatic carbocycles. The molecule has 17 heavy (non-hydrogen) atoms. The number of carboxylic acid groups (broad SMARTS) is 1. The number of aliphatic carboxylic acids is 1. The first-order chi connectivity index (χ1) is 7.97. The van der Waals surface area contributed by atoms with Crippen molar-refractivity contribution >= 4 is 11.9 Å². The van der Waals surface area contributed by atoms with Crippen LogP contribution in [0.15, 0.2) is 4.63 Å². The molecule has 1 atom stereocenters. The van der Waals surface area contributed by atoms with Crippen LogP contribution in [0.1, 0.15) is 13.8 Å². The molecule has 96 valence electrons. The van der Waals surface area contributed by atoms with E-state index in [1.54, 1.807) is 5.01 Å². The first-order valence-corrected chi connectivity index (χ1v) is 5.07. The lowest BCUT2D eigenvalue weighted by atomic mass is 10.0. The van der Waals surface area contributed by atoms with E-state index in [9.17, 15) is 9.59 Å². The van der Waals surface area contributed by atoms with Crippen molar-refractivity contribution in [3.05, 3.63) is 0 Å². The maximum absolute atomic E-state index is 10.6. The van der Waals surface area contributed by atoms with Crippen LogP contribution in [0.4, 0.5) is 0 Å². The fourth-order valence-electron chi connectivity index (χ4n) is 1.39. The molecule has 0 bridgehead atoms. The number of aromatic nitrogens is 2. The first-order valence-electron chi connectivity index (χ1n) is 5.07. The van der Waals surface area contributed by atoms with Crippen LogP contribution in [0.3, 0.4) is 0 Å². The molecule has 2 heterocycles. The molecular weight excluding hydrogens is 234 g/mol. The minimum atomic E-state index is -0.830. The van der Waals surface area contributed by atoms with Gasteiger partial charge in [0.25, 0.3) is 6.29 Å². The van der Waals surface area contributed by atoms with Crippen molar-refractivity contribution < 1.29 is 28.9 Å². The normalized spacial score (nSPS) is 17.6. The van der Waals surface area contributed by atoms with Crippen LogP contribution in [0.2, 0.25) is 0 Å². The van der Waals surface area contributed by atoms with E-state index in [1.165, 1.54) is 18.8 Å². The van der Waals surface area contributed by atoms with Gasteiger partial charge in [0, 0.05) is 18.8 Å². The Morgan fingerprint density at radius 3 is 2.65 bits per heavy atom. The van der Waals surface area contributed by atoms with Crippen molar-refractivity contribution in [2.75, 3.05) is 18.1 Å². The van der Waals surface area contributed by atoms with E-state index < -0.39 is 18.2 Å². The van der Waals surface area contributed by atoms with E-state index >= 15 is 0 Å². The van der Waals surface area contributed by atoms with Crippen LogP contribution >= 0.6 is 0 Å². The number of nitrogens with zero attached hydrogens (tertiary/aromatic N) is 3. The van der Waals surface area contributed by atoms with Crippen LogP contribution in [-0.4, -0.2) is 46.4 Å². The van der Waals surface area contributed by atoms with E-state index in [-0.39, 0.29) is 5.92 Å². The number of ether oxygens (including phenoxy) is 1. The summed E-state index contributed by atoms with van der Waals surface area (Å²) in [5.74, 6) is -1.67. The Kier molecular flexibility index (Phi) is 2.74. The van der Waals surface area contributed by atoms with Gasteiger partial charge in [-0.2, -0.15) is 4.63 Å². The molecule has 2 rings (SSSR count). The van der Waals surface area contributed by atoms with Crippen LogP contribution in [-0.2, 0) is 14.3 Å². The van der Waals surface area contributed by atoms with Gasteiger partial charge >= 0.3 is 11.9 Å². The lowest BCUT2D eigenvalue weighted by Crippen LogP contribution is -2.55. The summed E-state index contributed by atoms with van der Waals surface area (Å²) in [4.78, 5) is 27.5. The zero-order chi connectivity index (χ0) is 12.6. The largest absolute Gasteiger partial charge is 0.481 e. The Bertz CT molecular complexity index is 412. The van der Waals surface area contributed by atoms with Gasteiger partial charge < -0.3 is 14.7 Å². The van der Waals surface area contributed by atoms with Crippen LogP contribution in [0.25, 0.3) is 0 Å². The number of carbonyl (C=O) groups is 2. The Hall–Kier alpha value is -2.06. The van der Waals surface area contributed by atoms with E-state index in [4.69, 9.17) is 19.3 Å². The molecule has 9 heteroatoms. The summed E-state index contributed by atoms with van der Waals surface area (Å²) in [5, 5.41) is 11.3. The first kappa shape index (κ1) is 11.4. The molecule has 1 aromatic rings. The van der Waals surface area contributed by atoms with Gasteiger partial charge in [-0.05, 0) is 0 Å². The third-order valence-electron chi connectivity index (χ3n) is 2.28. The number of esters is 1. The molecule has 0 amide bonds. The maximum atomic E-state index is 10.6. The van der Waals surface area contributed by atoms with Crippen molar-refractivity contribution in [2.45, 2.75) is 20.1 Å². The maximum Gasteiger partial charge on any atom is 0.310 e. The second-order valence-electron chi connectivity index (χ2n) is 3.76. The highest BCUT2D eigenvalue weighted by atomic mass is 17.0. The Balaban J connectivity index is 1.74. The average molecular weight is 247 g/mol. The van der Waals surface area contributed by atoms with Gasteiger partial charge in [-0.1, -0.05) is 0 Å². The van der Waals surface area contributed by atoms with Crippen molar-refractivity contribution in [3.63, 3.8) is 0 Å². The molecule has 0 saturated carbocycles. The SMILES string of the molecule is CC(=O)OC(C)On1on1N1CC(C(=O)O)C1. The Morgan fingerprint density at radius 1 is 1.47 bits per heavy atom. The lowest BCUT2D eigenvalue weighted by molar-refractivity contribution is -0.179. The van der Waals surface area contributed by atoms with Crippen molar-refractivity contribution in [3.8, 4) is 0 Å². The van der Waals surface area contributed by atoms with Crippen LogP contribution in [0, 0.1) is 5.92 Å². The molecular formula is C8H13N3O6. The average Bonchev–Trinajstić information content (AvgIpc) is 2.78. The monoisotopic (exact) mass is 247 g/mol. The predicted octanol–water partition coefficient (Wildman–Crippen LogP) is -1.13. The fraction of sp³-hybridized carbons (Fsp3) is 0.750. The van der Waals surface area contributed by atoms with Gasteiger partial charge in [-0.3, -0.25) is 14.6 Å². The van der Waals surface area contributed by atoms with E-state index in [1.807, 2.05) is 0 Å². The molecule has 1 saturated heterocycles. The highest BCUT2D eigenvalue weighted by Gasteiger charge is 2.38. The summed E-state index contributed by atoms with van der Waals surface area (Å²) in [6, 6.07) is 0. The standard InChI is InChI=1S/C8H13N3O6/c1-5(12)15-6(2)16-11-10(17-11)9-3-7(4-9)8(13)14/h6-7H,3-4H2,1-2H3,(H,13,14). The van der Waals surface area contributed by atoms with Crippen molar-refractivity contribution in [1.29, 1.82) is 0 Å². The summed E-state index contributed by atoms with van der Waals surface area (Å²) in [6.07, 6.45) is -0.769. The summed E-state index contributed by atoms with van der Waals surface area (Å²) in [6.45, 7) is 3.53. The molecule has 0 spiro atoms. The number of rotatable bonds is 5. The van der Waals surface area contributed by atoms with Gasteiger partial charge in [0.05, 0.1) is 19.0 Å². The number of hydrogen-bond donors (Lipinski definition) is 1. The van der Waals surface area contributed by atoms with Crippen molar-refractivity contribution in [1.82, 2.24) is 9.98 Å². The molecule has 1 unspecified atom stereocenters. The highest BCUT2D eigenvalue weighted by Crippen LogP contribution is 2.16. The second-order valence-corrected chi connectivity index (χ2v) is 3.76. The molecule has 1 aliphatic rings. The number of carboxylic acids is 1. The van der Waals surface area contributed by atoms with Gasteiger partial charge in [-0.15, -0.1) is 0 Å². The molecule has 9 nitrogen and oxygen atoms in total. The highest BCUT2D eigenvalue weighted by molar-refractivity contribution is 5.72. The van der Waals surface area contributed by atoms with Crippen LogP contribution in [0.5, 0.6) is 0 Å². The van der Waals surface area contributed by atoms with Gasteiger partial charge in [-0.25, -0.2) is 0 Å². The Labute approximate surface area is 95.9 Å². The van der Waals surface area contributed by atoms with E-state index in [2.05, 4.69) is 0 Å². The third-order valence-corrected chi connectivity index (χ3v) is 2.28. The Morgan fingerprint density at radius 2 is 2.12 bits per heavy atom. The van der Waals surface area contributed by atoms with Crippen LogP contribution < -0.4 is 9.85 Å². The minimum Gasteiger partial charge on any atom is -0.481 e. The fourth-order valence-corrected chi connectivity index (χ4v) is 1.39. The summed E-state index contributed by atoms with van der Waals surface area (Å²) in [7, 11) is 0. The molecule has 1 N–H and O–H groups in total. The second kappa shape index (κ2) is 4.07. The predicted molar refractivity (Wildman–Crippen MR) is 51.6 cm³/mol. The minimum absolute atomic E-state index is 0.358. The third kappa shape index (κ3) is 2.55. The quantitative estimate of drug-likeness (QED) is 0.519. The molecule has 1 aliphatic heterocycles. The topological polar surface area (TPSA) is 99.1 Å². The zero-order valence-electron chi connectivity index (χ0n) is 9.40. The molecule has 1 aromatic heterocycles. The van der Waals surface area contributed by atoms with E-state index in [0.29, 0.717) is 13.1 Å². The molecule has 0 radical (unpaired) electrons. The molecule has 1 fully saturated rings. The zero-order valence-corrected chi connectivity index (χ0v) is 9.40. The van der Waals surface area contributed by atoms with Crippen molar-refractivity contribution in [2.24, 2.45) is 5.92 Å². The summed E-state index contributed by atoms with van der Waals surface area (Å²) < 4.78 is 9.61. The van der Waals surface area contributed by atoms with Gasteiger partial charge in [0.2, 0.25) is 0 Å². The summed E-state index contributed by atoms with van der Waals surface area (Å²) >= 11 is 0. The number of hydrogen-bond acceptors (Lipinski definition) is 6. The van der Waals surface area contributed by atoms with E-state index in [0.717, 1.165) is 5.02 Å². The number of carbonyl (C=O) groups excluding carboxylic acids is 1. The summed E-state index contributed by atoms with van der Waals surface area (Å²) in [5.41, 5.74) is 0.